The van der Waals surface area contributed by atoms with Gasteiger partial charge < -0.3 is 20.5 Å². The molecule has 0 aliphatic heterocycles. The van der Waals surface area contributed by atoms with Gasteiger partial charge in [0.1, 0.15) is 23.3 Å². The molecule has 2 aromatic carbocycles. The largest absolute Gasteiger partial charge is 0.495 e. The molecule has 0 unspecified atom stereocenters. The predicted octanol–water partition coefficient (Wildman–Crippen LogP) is 3.03. The highest BCUT2D eigenvalue weighted by Gasteiger charge is 2.21. The summed E-state index contributed by atoms with van der Waals surface area (Å²) in [6.07, 6.45) is 0. The lowest BCUT2D eigenvalue weighted by Crippen LogP contribution is -2.45. The number of methoxy groups -OCH3 is 1. The Morgan fingerprint density at radius 3 is 2.33 bits per heavy atom. The molecule has 2 rings (SSSR count). The lowest BCUT2D eigenvalue weighted by Gasteiger charge is -2.17. The van der Waals surface area contributed by atoms with E-state index >= 15 is 0 Å². The molecule has 0 radical (unpaired) electrons. The van der Waals surface area contributed by atoms with Crippen LogP contribution in [0.15, 0.2) is 42.5 Å². The molecule has 0 fully saturated rings. The van der Waals surface area contributed by atoms with E-state index in [4.69, 9.17) is 20.5 Å². The van der Waals surface area contributed by atoms with Crippen LogP contribution in [-0.4, -0.2) is 18.6 Å². The molecule has 6 nitrogen and oxygen atoms in total. The molecule has 6 heteroatoms. The molecule has 0 spiro atoms. The van der Waals surface area contributed by atoms with Gasteiger partial charge in [-0.05, 0) is 50.2 Å². The van der Waals surface area contributed by atoms with Crippen molar-refractivity contribution in [3.8, 4) is 23.3 Å². The summed E-state index contributed by atoms with van der Waals surface area (Å²) in [4.78, 5) is 11.8. The quantitative estimate of drug-likeness (QED) is 0.880. The average molecular weight is 325 g/mol. The number of rotatable bonds is 5. The molecule has 0 heterocycles. The third kappa shape index (κ3) is 4.24. The second-order valence-electron chi connectivity index (χ2n) is 5.78. The van der Waals surface area contributed by atoms with E-state index in [0.717, 1.165) is 0 Å². The molecule has 1 amide bonds. The summed E-state index contributed by atoms with van der Waals surface area (Å²) >= 11 is 0. The molecule has 24 heavy (non-hydrogen) atoms. The average Bonchev–Trinajstić information content (AvgIpc) is 2.55. The number of hydrogen-bond donors (Lipinski definition) is 2. The minimum atomic E-state index is -0.950. The Morgan fingerprint density at radius 1 is 1.17 bits per heavy atom. The standard InChI is InChI=1S/C18H19N3O3/c1-18(2,20)17(22)21-13-5-8-14(9-6-13)24-15-7-4-12(11-19)16(10-15)23-3/h4-10H,20H2,1-3H3,(H,21,22). The van der Waals surface area contributed by atoms with Crippen LogP contribution in [0, 0.1) is 11.3 Å². The lowest BCUT2D eigenvalue weighted by molar-refractivity contribution is -0.120. The smallest absolute Gasteiger partial charge is 0.243 e. The van der Waals surface area contributed by atoms with E-state index in [1.54, 1.807) is 56.3 Å². The van der Waals surface area contributed by atoms with Crippen LogP contribution in [0.1, 0.15) is 19.4 Å². The fourth-order valence-electron chi connectivity index (χ4n) is 1.86. The van der Waals surface area contributed by atoms with Crippen LogP contribution in [0.25, 0.3) is 0 Å². The van der Waals surface area contributed by atoms with E-state index in [9.17, 15) is 4.79 Å². The van der Waals surface area contributed by atoms with E-state index < -0.39 is 5.54 Å². The van der Waals surface area contributed by atoms with Gasteiger partial charge in [-0.3, -0.25) is 4.79 Å². The van der Waals surface area contributed by atoms with E-state index in [2.05, 4.69) is 5.32 Å². The molecule has 124 valence electrons. The minimum Gasteiger partial charge on any atom is -0.495 e. The zero-order chi connectivity index (χ0) is 17.7. The van der Waals surface area contributed by atoms with Gasteiger partial charge in [-0.25, -0.2) is 0 Å². The maximum absolute atomic E-state index is 11.8. The first-order chi connectivity index (χ1) is 11.3. The molecule has 0 saturated carbocycles. The number of nitrogens with one attached hydrogen (secondary N) is 1. The molecule has 3 N–H and O–H groups in total. The first-order valence-electron chi connectivity index (χ1n) is 7.30. The van der Waals surface area contributed by atoms with Gasteiger partial charge in [-0.1, -0.05) is 0 Å². The van der Waals surface area contributed by atoms with E-state index in [1.165, 1.54) is 7.11 Å². The Hall–Kier alpha value is -3.04. The SMILES string of the molecule is COc1cc(Oc2ccc(NC(=O)C(C)(C)N)cc2)ccc1C#N. The summed E-state index contributed by atoms with van der Waals surface area (Å²) in [6.45, 7) is 3.27. The highest BCUT2D eigenvalue weighted by Crippen LogP contribution is 2.28. The number of ether oxygens (including phenoxy) is 2. The number of amides is 1. The summed E-state index contributed by atoms with van der Waals surface area (Å²) in [5.41, 5.74) is 5.85. The third-order valence-electron chi connectivity index (χ3n) is 3.23. The summed E-state index contributed by atoms with van der Waals surface area (Å²) in [5.74, 6) is 1.31. The van der Waals surface area contributed by atoms with Crippen LogP contribution in [-0.2, 0) is 4.79 Å². The molecular formula is C18H19N3O3. The molecule has 0 aromatic heterocycles. The van der Waals surface area contributed by atoms with Crippen molar-refractivity contribution >= 4 is 11.6 Å². The highest BCUT2D eigenvalue weighted by atomic mass is 16.5. The maximum atomic E-state index is 11.8. The van der Waals surface area contributed by atoms with Crippen molar-refractivity contribution < 1.29 is 14.3 Å². The Morgan fingerprint density at radius 2 is 1.79 bits per heavy atom. The molecule has 2 aromatic rings. The van der Waals surface area contributed by atoms with Crippen molar-refractivity contribution in [3.63, 3.8) is 0 Å². The van der Waals surface area contributed by atoms with Crippen molar-refractivity contribution in [1.29, 1.82) is 5.26 Å². The van der Waals surface area contributed by atoms with E-state index in [-0.39, 0.29) is 5.91 Å². The monoisotopic (exact) mass is 325 g/mol. The second kappa shape index (κ2) is 7.02. The Labute approximate surface area is 140 Å². The number of hydrogen-bond acceptors (Lipinski definition) is 5. The van der Waals surface area contributed by atoms with Crippen molar-refractivity contribution in [2.75, 3.05) is 12.4 Å². The summed E-state index contributed by atoms with van der Waals surface area (Å²) in [7, 11) is 1.50. The Bertz CT molecular complexity index is 772. The van der Waals surface area contributed by atoms with E-state index in [1.807, 2.05) is 6.07 Å². The van der Waals surface area contributed by atoms with E-state index in [0.29, 0.717) is 28.5 Å². The van der Waals surface area contributed by atoms with Gasteiger partial charge in [0, 0.05) is 11.8 Å². The normalized spacial score (nSPS) is 10.6. The fraction of sp³-hybridized carbons (Fsp3) is 0.222. The summed E-state index contributed by atoms with van der Waals surface area (Å²) in [5, 5.41) is 11.7. The molecule has 0 saturated heterocycles. The number of nitrogens with two attached hydrogens (primary N) is 1. The summed E-state index contributed by atoms with van der Waals surface area (Å²) in [6, 6.07) is 13.9. The number of carbonyl (C=O) groups excluding carboxylic acids is 1. The van der Waals surface area contributed by atoms with Gasteiger partial charge in [0.15, 0.2) is 0 Å². The highest BCUT2D eigenvalue weighted by molar-refractivity contribution is 5.97. The number of nitriles is 1. The zero-order valence-corrected chi connectivity index (χ0v) is 13.8. The molecule has 0 aliphatic rings. The topological polar surface area (TPSA) is 97.4 Å². The number of anilines is 1. The fourth-order valence-corrected chi connectivity index (χ4v) is 1.86. The maximum Gasteiger partial charge on any atom is 0.243 e. The lowest BCUT2D eigenvalue weighted by atomic mass is 10.1. The van der Waals surface area contributed by atoms with Gasteiger partial charge >= 0.3 is 0 Å². The second-order valence-corrected chi connectivity index (χ2v) is 5.78. The van der Waals surface area contributed by atoms with Gasteiger partial charge in [0.05, 0.1) is 18.2 Å². The number of nitrogens with zero attached hydrogens (tertiary/aromatic N) is 1. The summed E-state index contributed by atoms with van der Waals surface area (Å²) < 4.78 is 10.9. The number of carbonyl (C=O) groups is 1. The third-order valence-corrected chi connectivity index (χ3v) is 3.23. The Kier molecular flexibility index (Phi) is 5.07. The van der Waals surface area contributed by atoms with Crippen molar-refractivity contribution in [1.82, 2.24) is 0 Å². The van der Waals surface area contributed by atoms with Crippen LogP contribution < -0.4 is 20.5 Å². The Balaban J connectivity index is 2.10. The van der Waals surface area contributed by atoms with Crippen LogP contribution in [0.3, 0.4) is 0 Å². The van der Waals surface area contributed by atoms with Crippen LogP contribution in [0.4, 0.5) is 5.69 Å². The molecule has 0 atom stereocenters. The van der Waals surface area contributed by atoms with Crippen molar-refractivity contribution in [3.05, 3.63) is 48.0 Å². The number of benzene rings is 2. The first kappa shape index (κ1) is 17.3. The zero-order valence-electron chi connectivity index (χ0n) is 13.8. The first-order valence-corrected chi connectivity index (χ1v) is 7.30. The van der Waals surface area contributed by atoms with Crippen molar-refractivity contribution in [2.24, 2.45) is 5.73 Å². The van der Waals surface area contributed by atoms with Gasteiger partial charge in [-0.15, -0.1) is 0 Å². The van der Waals surface area contributed by atoms with Gasteiger partial charge in [0.2, 0.25) is 5.91 Å². The molecule has 0 aliphatic carbocycles. The van der Waals surface area contributed by atoms with Crippen LogP contribution >= 0.6 is 0 Å². The van der Waals surface area contributed by atoms with Crippen LogP contribution in [0.5, 0.6) is 17.2 Å². The van der Waals surface area contributed by atoms with Crippen molar-refractivity contribution in [2.45, 2.75) is 19.4 Å². The van der Waals surface area contributed by atoms with Gasteiger partial charge in [0.25, 0.3) is 0 Å². The molecule has 0 bridgehead atoms. The predicted molar refractivity (Wildman–Crippen MR) is 91.1 cm³/mol. The minimum absolute atomic E-state index is 0.270. The van der Waals surface area contributed by atoms with Gasteiger partial charge in [-0.2, -0.15) is 5.26 Å². The molecular weight excluding hydrogens is 306 g/mol. The van der Waals surface area contributed by atoms with Crippen LogP contribution in [0.2, 0.25) is 0 Å².